The maximum Gasteiger partial charge on any atom is 0.277 e. The summed E-state index contributed by atoms with van der Waals surface area (Å²) in [5, 5.41) is 8.40. The second-order valence-corrected chi connectivity index (χ2v) is 9.73. The van der Waals surface area contributed by atoms with E-state index < -0.39 is 5.25 Å². The summed E-state index contributed by atoms with van der Waals surface area (Å²) in [4.78, 5) is 15.6. The van der Waals surface area contributed by atoms with Gasteiger partial charge in [-0.25, -0.2) is 0 Å². The minimum atomic E-state index is -0.406. The Morgan fingerprint density at radius 3 is 2.09 bits per heavy atom. The highest BCUT2D eigenvalue weighted by Gasteiger charge is 2.30. The molecule has 0 bridgehead atoms. The Morgan fingerprint density at radius 2 is 1.48 bits per heavy atom. The van der Waals surface area contributed by atoms with Crippen LogP contribution in [0.5, 0.6) is 0 Å². The fourth-order valence-corrected chi connectivity index (χ4v) is 5.10. The van der Waals surface area contributed by atoms with Crippen molar-refractivity contribution in [3.05, 3.63) is 89.0 Å². The van der Waals surface area contributed by atoms with Crippen LogP contribution in [-0.2, 0) is 17.6 Å². The van der Waals surface area contributed by atoms with E-state index >= 15 is 0 Å². The molecular formula is C27H25N3O2S. The van der Waals surface area contributed by atoms with Crippen molar-refractivity contribution in [2.75, 3.05) is 4.90 Å². The lowest BCUT2D eigenvalue weighted by Crippen LogP contribution is -2.33. The van der Waals surface area contributed by atoms with Gasteiger partial charge in [0.1, 0.15) is 0 Å². The molecular weight excluding hydrogens is 430 g/mol. The minimum Gasteiger partial charge on any atom is -0.411 e. The number of benzene rings is 3. The van der Waals surface area contributed by atoms with Crippen LogP contribution in [-0.4, -0.2) is 21.4 Å². The molecule has 1 aromatic heterocycles. The van der Waals surface area contributed by atoms with E-state index in [9.17, 15) is 4.79 Å². The third-order valence-corrected chi connectivity index (χ3v) is 6.77. The lowest BCUT2D eigenvalue weighted by atomic mass is 10.0. The van der Waals surface area contributed by atoms with Crippen LogP contribution < -0.4 is 4.90 Å². The van der Waals surface area contributed by atoms with Crippen LogP contribution in [0.15, 0.2) is 76.4 Å². The summed E-state index contributed by atoms with van der Waals surface area (Å²) in [5.41, 5.74) is 7.41. The molecule has 0 aliphatic carbocycles. The number of fused-ring (bicyclic) bond motifs is 2. The molecule has 1 aliphatic heterocycles. The van der Waals surface area contributed by atoms with E-state index in [-0.39, 0.29) is 5.91 Å². The Bertz CT molecular complexity index is 1260. The molecule has 1 atom stereocenters. The number of aryl methyl sites for hydroxylation is 4. The molecule has 0 saturated carbocycles. The quantitative estimate of drug-likeness (QED) is 0.338. The Balaban J connectivity index is 1.43. The molecule has 2 heterocycles. The van der Waals surface area contributed by atoms with E-state index in [1.165, 1.54) is 22.9 Å². The van der Waals surface area contributed by atoms with E-state index in [2.05, 4.69) is 28.4 Å². The van der Waals surface area contributed by atoms with Crippen molar-refractivity contribution < 1.29 is 9.21 Å². The third-order valence-electron chi connectivity index (χ3n) is 5.85. The highest BCUT2D eigenvalue weighted by Crippen LogP contribution is 2.38. The summed E-state index contributed by atoms with van der Waals surface area (Å²) in [5.74, 6) is 0.461. The molecule has 5 rings (SSSR count). The maximum atomic E-state index is 13.8. The van der Waals surface area contributed by atoms with Crippen LogP contribution in [0, 0.1) is 13.8 Å². The van der Waals surface area contributed by atoms with Gasteiger partial charge >= 0.3 is 0 Å². The van der Waals surface area contributed by atoms with Crippen molar-refractivity contribution in [2.24, 2.45) is 0 Å². The average molecular weight is 456 g/mol. The highest BCUT2D eigenvalue weighted by atomic mass is 32.2. The lowest BCUT2D eigenvalue weighted by Gasteiger charge is -2.27. The molecule has 0 saturated heterocycles. The molecule has 1 aliphatic rings. The van der Waals surface area contributed by atoms with Crippen molar-refractivity contribution in [1.29, 1.82) is 0 Å². The van der Waals surface area contributed by atoms with Gasteiger partial charge in [-0.2, -0.15) is 0 Å². The fraction of sp³-hybridized carbons (Fsp3) is 0.222. The van der Waals surface area contributed by atoms with Gasteiger partial charge in [0.15, 0.2) is 0 Å². The summed E-state index contributed by atoms with van der Waals surface area (Å²) < 4.78 is 5.92. The lowest BCUT2D eigenvalue weighted by molar-refractivity contribution is -0.117. The van der Waals surface area contributed by atoms with Gasteiger partial charge in [-0.1, -0.05) is 65.4 Å². The zero-order valence-corrected chi connectivity index (χ0v) is 19.7. The Hall–Kier alpha value is -3.38. The van der Waals surface area contributed by atoms with Crippen molar-refractivity contribution in [3.8, 4) is 11.5 Å². The minimum absolute atomic E-state index is 0.00653. The first-order chi connectivity index (χ1) is 16.0. The zero-order valence-electron chi connectivity index (χ0n) is 18.9. The molecule has 5 nitrogen and oxygen atoms in total. The molecule has 0 unspecified atom stereocenters. The SMILES string of the molecule is Cc1cc(C)cc(-c2nnc(S[C@@H](C)C(=O)N3c4ccccc4CCc4ccccc43)o2)c1. The van der Waals surface area contributed by atoms with E-state index in [4.69, 9.17) is 4.42 Å². The van der Waals surface area contributed by atoms with Crippen molar-refractivity contribution in [1.82, 2.24) is 10.2 Å². The van der Waals surface area contributed by atoms with Gasteiger partial charge in [-0.05, 0) is 69.0 Å². The van der Waals surface area contributed by atoms with Gasteiger partial charge in [0.05, 0.1) is 16.6 Å². The number of aromatic nitrogens is 2. The molecule has 6 heteroatoms. The van der Waals surface area contributed by atoms with Crippen LogP contribution in [0.25, 0.3) is 11.5 Å². The van der Waals surface area contributed by atoms with Crippen LogP contribution in [0.3, 0.4) is 0 Å². The number of anilines is 2. The van der Waals surface area contributed by atoms with Gasteiger partial charge in [-0.3, -0.25) is 9.69 Å². The first kappa shape index (κ1) is 21.5. The average Bonchev–Trinajstić information content (AvgIpc) is 3.20. The predicted octanol–water partition coefficient (Wildman–Crippen LogP) is 6.30. The topological polar surface area (TPSA) is 59.2 Å². The molecule has 3 aromatic carbocycles. The smallest absolute Gasteiger partial charge is 0.277 e. The number of carbonyl (C=O) groups is 1. The van der Waals surface area contributed by atoms with Gasteiger partial charge in [0.2, 0.25) is 11.8 Å². The third kappa shape index (κ3) is 4.31. The summed E-state index contributed by atoms with van der Waals surface area (Å²) in [6.07, 6.45) is 1.81. The molecule has 0 N–H and O–H groups in total. The van der Waals surface area contributed by atoms with Crippen LogP contribution >= 0.6 is 11.8 Å². The largest absolute Gasteiger partial charge is 0.411 e. The van der Waals surface area contributed by atoms with Gasteiger partial charge in [-0.15, -0.1) is 10.2 Å². The second-order valence-electron chi connectivity index (χ2n) is 8.44. The summed E-state index contributed by atoms with van der Waals surface area (Å²) in [6.45, 7) is 5.98. The molecule has 33 heavy (non-hydrogen) atoms. The number of para-hydroxylation sites is 2. The highest BCUT2D eigenvalue weighted by molar-refractivity contribution is 8.00. The number of nitrogens with zero attached hydrogens (tertiary/aromatic N) is 3. The number of rotatable bonds is 4. The van der Waals surface area contributed by atoms with Crippen LogP contribution in [0.1, 0.15) is 29.2 Å². The summed E-state index contributed by atoms with van der Waals surface area (Å²) in [7, 11) is 0. The molecule has 0 spiro atoms. The Morgan fingerprint density at radius 1 is 0.909 bits per heavy atom. The summed E-state index contributed by atoms with van der Waals surface area (Å²) in [6, 6.07) is 22.4. The number of thioether (sulfide) groups is 1. The number of hydrogen-bond acceptors (Lipinski definition) is 5. The normalized spacial score (nSPS) is 13.7. The van der Waals surface area contributed by atoms with Gasteiger partial charge in [0, 0.05) is 5.56 Å². The molecule has 0 fully saturated rings. The molecule has 4 aromatic rings. The molecule has 166 valence electrons. The number of hydrogen-bond donors (Lipinski definition) is 0. The first-order valence-electron chi connectivity index (χ1n) is 11.1. The molecule has 1 amide bonds. The fourth-order valence-electron chi connectivity index (χ4n) is 4.37. The van der Waals surface area contributed by atoms with Crippen molar-refractivity contribution in [2.45, 2.75) is 44.1 Å². The standard InChI is InChI=1S/C27H25N3O2S/c1-17-14-18(2)16-22(15-17)25-28-29-27(32-25)33-19(3)26(31)30-23-10-6-4-8-20(23)12-13-21-9-5-7-11-24(21)30/h4-11,14-16,19H,12-13H2,1-3H3/t19-/m0/s1. The van der Waals surface area contributed by atoms with E-state index in [1.54, 1.807) is 0 Å². The number of carbonyl (C=O) groups excluding carboxylic acids is 1. The maximum absolute atomic E-state index is 13.8. The predicted molar refractivity (Wildman–Crippen MR) is 132 cm³/mol. The van der Waals surface area contributed by atoms with Gasteiger partial charge in [0.25, 0.3) is 5.22 Å². The number of amides is 1. The Kier molecular flexibility index (Phi) is 5.77. The van der Waals surface area contributed by atoms with Crippen LogP contribution in [0.4, 0.5) is 11.4 Å². The van der Waals surface area contributed by atoms with E-state index in [1.807, 2.05) is 74.2 Å². The van der Waals surface area contributed by atoms with Crippen LogP contribution in [0.2, 0.25) is 0 Å². The molecule has 0 radical (unpaired) electrons. The van der Waals surface area contributed by atoms with Gasteiger partial charge < -0.3 is 4.42 Å². The van der Waals surface area contributed by atoms with E-state index in [0.717, 1.165) is 40.9 Å². The first-order valence-corrected chi connectivity index (χ1v) is 12.0. The monoisotopic (exact) mass is 455 g/mol. The van der Waals surface area contributed by atoms with Crippen molar-refractivity contribution in [3.63, 3.8) is 0 Å². The Labute approximate surface area is 197 Å². The van der Waals surface area contributed by atoms with Crippen molar-refractivity contribution >= 4 is 29.0 Å². The second kappa shape index (κ2) is 8.87. The van der Waals surface area contributed by atoms with E-state index in [0.29, 0.717) is 11.1 Å². The summed E-state index contributed by atoms with van der Waals surface area (Å²) >= 11 is 1.29. The zero-order chi connectivity index (χ0) is 22.9.